The Hall–Kier alpha value is -2.57. The summed E-state index contributed by atoms with van der Waals surface area (Å²) in [7, 11) is 0. The lowest BCUT2D eigenvalue weighted by atomic mass is 10.2. The van der Waals surface area contributed by atoms with Gasteiger partial charge < -0.3 is 9.84 Å². The number of halogens is 1. The number of hydrogen-bond acceptors (Lipinski definition) is 6. The van der Waals surface area contributed by atoms with Gasteiger partial charge in [0.25, 0.3) is 5.88 Å². The van der Waals surface area contributed by atoms with Gasteiger partial charge in [-0.2, -0.15) is 0 Å². The molecule has 4 N–H and O–H groups in total. The summed E-state index contributed by atoms with van der Waals surface area (Å²) < 4.78 is 18.8. The monoisotopic (exact) mass is 294 g/mol. The Morgan fingerprint density at radius 1 is 1.55 bits per heavy atom. The topological polar surface area (TPSA) is 114 Å². The van der Waals surface area contributed by atoms with E-state index in [0.29, 0.717) is 5.56 Å². The summed E-state index contributed by atoms with van der Waals surface area (Å²) in [5.74, 6) is 0.0790. The molecule has 0 saturated heterocycles. The molecule has 1 heterocycles. The van der Waals surface area contributed by atoms with E-state index in [1.54, 1.807) is 0 Å². The fourth-order valence-electron chi connectivity index (χ4n) is 1.28. The molecule has 0 bridgehead atoms. The van der Waals surface area contributed by atoms with Crippen LogP contribution in [0.15, 0.2) is 18.2 Å². The fraction of sp³-hybridized carbons (Fsp3) is 0. The maximum atomic E-state index is 13.8. The lowest BCUT2D eigenvalue weighted by Gasteiger charge is -2.04. The smallest absolute Gasteiger partial charge is 0.359 e. The van der Waals surface area contributed by atoms with Crippen LogP contribution in [-0.4, -0.2) is 26.5 Å². The number of benzene rings is 1. The molecule has 0 fully saturated rings. The van der Waals surface area contributed by atoms with Crippen molar-refractivity contribution in [3.63, 3.8) is 0 Å². The van der Waals surface area contributed by atoms with Gasteiger partial charge in [0.1, 0.15) is 0 Å². The largest absolute Gasteiger partial charge is 0.476 e. The quantitative estimate of drug-likeness (QED) is 0.578. The molecule has 0 spiro atoms. The van der Waals surface area contributed by atoms with Gasteiger partial charge in [-0.05, 0) is 23.5 Å². The highest BCUT2D eigenvalue weighted by atomic mass is 32.2. The maximum absolute atomic E-state index is 13.8. The normalized spacial score (nSPS) is 9.70. The molecule has 102 valence electrons. The molecule has 7 nitrogen and oxygen atoms in total. The summed E-state index contributed by atoms with van der Waals surface area (Å²) in [5.41, 5.74) is 0.0409. The second kappa shape index (κ2) is 6.05. The molecule has 0 radical (unpaired) electrons. The van der Waals surface area contributed by atoms with Crippen LogP contribution in [0, 0.1) is 17.0 Å². The van der Waals surface area contributed by atoms with Crippen molar-refractivity contribution in [2.24, 2.45) is 5.14 Å². The van der Waals surface area contributed by atoms with Crippen LogP contribution >= 0.6 is 11.9 Å². The zero-order chi connectivity index (χ0) is 14.5. The van der Waals surface area contributed by atoms with Crippen molar-refractivity contribution in [2.45, 2.75) is 0 Å². The number of rotatable bonds is 3. The van der Waals surface area contributed by atoms with E-state index >= 15 is 0 Å². The Balaban J connectivity index is 2.26. The summed E-state index contributed by atoms with van der Waals surface area (Å²) in [5, 5.41) is 25.3. The first-order valence-corrected chi connectivity index (χ1v) is 5.98. The predicted octanol–water partition coefficient (Wildman–Crippen LogP) is 1.35. The van der Waals surface area contributed by atoms with Gasteiger partial charge in [0, 0.05) is 17.5 Å². The molecule has 2 aromatic rings. The Morgan fingerprint density at radius 2 is 2.35 bits per heavy atom. The van der Waals surface area contributed by atoms with Crippen LogP contribution in [0.3, 0.4) is 0 Å². The van der Waals surface area contributed by atoms with E-state index < -0.39 is 11.8 Å². The van der Waals surface area contributed by atoms with E-state index in [-0.39, 0.29) is 17.3 Å². The van der Waals surface area contributed by atoms with Crippen molar-refractivity contribution in [1.82, 2.24) is 15.4 Å². The molecule has 0 aliphatic carbocycles. The molecular formula is C11H7FN4O3S. The molecule has 0 saturated carbocycles. The first kappa shape index (κ1) is 13.9. The van der Waals surface area contributed by atoms with Crippen molar-refractivity contribution in [1.29, 1.82) is 0 Å². The highest BCUT2D eigenvalue weighted by Gasteiger charge is 2.17. The zero-order valence-electron chi connectivity index (χ0n) is 9.75. The van der Waals surface area contributed by atoms with Crippen molar-refractivity contribution in [2.75, 3.05) is 0 Å². The standard InChI is InChI=1S/C11H7FN4O3S/c12-7-5-6(3-4-20-13)1-2-8(7)19-10-9(11(17)18)14-16-15-10/h1-2,5H,13H2,(H,17,18)(H,14,15,16). The number of carbonyl (C=O) groups is 1. The average molecular weight is 294 g/mol. The summed E-state index contributed by atoms with van der Waals surface area (Å²) in [6, 6.07) is 3.95. The summed E-state index contributed by atoms with van der Waals surface area (Å²) in [6.45, 7) is 0. The second-order valence-electron chi connectivity index (χ2n) is 3.39. The van der Waals surface area contributed by atoms with Crippen LogP contribution in [0.5, 0.6) is 11.6 Å². The number of aromatic carboxylic acids is 1. The van der Waals surface area contributed by atoms with Gasteiger partial charge in [-0.3, -0.25) is 5.14 Å². The van der Waals surface area contributed by atoms with Gasteiger partial charge in [0.05, 0.1) is 0 Å². The second-order valence-corrected chi connectivity index (χ2v) is 3.83. The number of hydrogen-bond donors (Lipinski definition) is 3. The molecule has 1 aromatic carbocycles. The van der Waals surface area contributed by atoms with Crippen molar-refractivity contribution in [3.8, 4) is 22.8 Å². The molecule has 20 heavy (non-hydrogen) atoms. The minimum absolute atomic E-state index is 0.188. The highest BCUT2D eigenvalue weighted by Crippen LogP contribution is 2.25. The first-order chi connectivity index (χ1) is 9.61. The van der Waals surface area contributed by atoms with Crippen molar-refractivity contribution in [3.05, 3.63) is 35.3 Å². The van der Waals surface area contributed by atoms with Gasteiger partial charge in [-0.15, -0.1) is 0 Å². The number of nitrogens with zero attached hydrogens (tertiary/aromatic N) is 2. The van der Waals surface area contributed by atoms with Crippen molar-refractivity contribution >= 4 is 17.9 Å². The number of carboxylic acids is 1. The number of ether oxygens (including phenoxy) is 1. The zero-order valence-corrected chi connectivity index (χ0v) is 10.6. The number of nitrogens with one attached hydrogen (secondary N) is 1. The molecule has 0 aliphatic heterocycles. The molecule has 0 amide bonds. The molecule has 9 heteroatoms. The maximum Gasteiger partial charge on any atom is 0.359 e. The Labute approximate surface area is 116 Å². The number of H-pyrrole nitrogens is 1. The summed E-state index contributed by atoms with van der Waals surface area (Å²) in [6.07, 6.45) is 0. The Bertz CT molecular complexity index is 707. The van der Waals surface area contributed by atoms with E-state index in [4.69, 9.17) is 15.0 Å². The summed E-state index contributed by atoms with van der Waals surface area (Å²) >= 11 is 0.813. The van der Waals surface area contributed by atoms with Gasteiger partial charge in [-0.25, -0.2) is 14.3 Å². The molecule has 0 atom stereocenters. The average Bonchev–Trinajstić information content (AvgIpc) is 2.87. The minimum Gasteiger partial charge on any atom is -0.476 e. The molecular weight excluding hydrogens is 287 g/mol. The third-order valence-corrected chi connectivity index (χ3v) is 2.34. The Kier molecular flexibility index (Phi) is 4.19. The van der Waals surface area contributed by atoms with Crippen LogP contribution in [0.4, 0.5) is 4.39 Å². The summed E-state index contributed by atoms with van der Waals surface area (Å²) in [4.78, 5) is 10.8. The van der Waals surface area contributed by atoms with Gasteiger partial charge in [-0.1, -0.05) is 16.2 Å². The van der Waals surface area contributed by atoms with Gasteiger partial charge in [0.2, 0.25) is 5.69 Å². The SMILES string of the molecule is NSC#Cc1ccc(Oc2nn[nH]c2C(=O)O)c(F)c1. The van der Waals surface area contributed by atoms with Crippen molar-refractivity contribution < 1.29 is 19.0 Å². The third-order valence-electron chi connectivity index (χ3n) is 2.12. The number of aromatic amines is 1. The van der Waals surface area contributed by atoms with Crippen LogP contribution in [0.2, 0.25) is 0 Å². The lowest BCUT2D eigenvalue weighted by Crippen LogP contribution is -2.00. The predicted molar refractivity (Wildman–Crippen MR) is 68.5 cm³/mol. The highest BCUT2D eigenvalue weighted by molar-refractivity contribution is 8.01. The molecule has 1 aromatic heterocycles. The molecule has 2 rings (SSSR count). The number of aromatic nitrogens is 3. The van der Waals surface area contributed by atoms with E-state index in [0.717, 1.165) is 18.0 Å². The van der Waals surface area contributed by atoms with Crippen LogP contribution < -0.4 is 9.88 Å². The number of carboxylic acid groups (broad SMARTS) is 1. The third kappa shape index (κ3) is 3.05. The molecule has 0 unspecified atom stereocenters. The van der Waals surface area contributed by atoms with Crippen LogP contribution in [0.1, 0.15) is 16.1 Å². The lowest BCUT2D eigenvalue weighted by molar-refractivity contribution is 0.0687. The number of nitrogens with two attached hydrogens (primary N) is 1. The first-order valence-electron chi connectivity index (χ1n) is 5.10. The van der Waals surface area contributed by atoms with Gasteiger partial charge in [0.15, 0.2) is 11.6 Å². The minimum atomic E-state index is -1.31. The fourth-order valence-corrected chi connectivity index (χ4v) is 1.46. The van der Waals surface area contributed by atoms with Crippen LogP contribution in [-0.2, 0) is 0 Å². The van der Waals surface area contributed by atoms with Gasteiger partial charge >= 0.3 is 5.97 Å². The van der Waals surface area contributed by atoms with E-state index in [2.05, 4.69) is 26.6 Å². The Morgan fingerprint density at radius 3 is 3.00 bits per heavy atom. The van der Waals surface area contributed by atoms with E-state index in [9.17, 15) is 9.18 Å². The van der Waals surface area contributed by atoms with E-state index in [1.807, 2.05) is 0 Å². The molecule has 0 aliphatic rings. The van der Waals surface area contributed by atoms with E-state index in [1.165, 1.54) is 12.1 Å². The van der Waals surface area contributed by atoms with Crippen LogP contribution in [0.25, 0.3) is 0 Å².